The van der Waals surface area contributed by atoms with E-state index in [1.807, 2.05) is 42.5 Å². The molecular weight excluding hydrogens is 647 g/mol. The molecule has 0 atom stereocenters. The van der Waals surface area contributed by atoms with Crippen molar-refractivity contribution >= 4 is 61.0 Å². The fourth-order valence-electron chi connectivity index (χ4n) is 7.45. The first kappa shape index (κ1) is 30.8. The fraction of sp³-hybridized carbons (Fsp3) is 0.0204. The smallest absolute Gasteiger partial charge is 0.160 e. The zero-order chi connectivity index (χ0) is 35.3. The maximum absolute atomic E-state index is 6.38. The van der Waals surface area contributed by atoms with Gasteiger partial charge in [-0.1, -0.05) is 115 Å². The van der Waals surface area contributed by atoms with Gasteiger partial charge in [-0.15, -0.1) is 0 Å². The summed E-state index contributed by atoms with van der Waals surface area (Å²) in [5.74, 6) is 0.665. The molecule has 7 aromatic carbocycles. The summed E-state index contributed by atoms with van der Waals surface area (Å²) in [4.78, 5) is 10.3. The molecule has 1 aliphatic rings. The van der Waals surface area contributed by atoms with Crippen LogP contribution >= 0.6 is 0 Å². The second kappa shape index (κ2) is 12.6. The van der Waals surface area contributed by atoms with Crippen LogP contribution in [0.1, 0.15) is 22.3 Å². The number of hydrogen-bond acceptors (Lipinski definition) is 3. The summed E-state index contributed by atoms with van der Waals surface area (Å²) in [7, 11) is 0. The first-order chi connectivity index (χ1) is 26.2. The SMILES string of the molecule is Cc1ccc(-n2c3ccccc3c3cc(-c4ccc5oc6ccc(C7=C/C=C/C(c8ccccc8)=NC(c8ccccc8)=N7)cc6c5c4)ccc32)cc1. The summed E-state index contributed by atoms with van der Waals surface area (Å²) < 4.78 is 8.74. The summed E-state index contributed by atoms with van der Waals surface area (Å²) in [5.41, 5.74) is 13.5. The molecule has 9 aromatic rings. The van der Waals surface area contributed by atoms with Crippen LogP contribution in [0.25, 0.3) is 66.3 Å². The number of aromatic nitrogens is 1. The van der Waals surface area contributed by atoms with E-state index in [1.54, 1.807) is 0 Å². The highest BCUT2D eigenvalue weighted by atomic mass is 16.3. The van der Waals surface area contributed by atoms with Gasteiger partial charge in [0.1, 0.15) is 11.2 Å². The summed E-state index contributed by atoms with van der Waals surface area (Å²) in [6.45, 7) is 2.13. The molecule has 3 heterocycles. The van der Waals surface area contributed by atoms with Crippen LogP contribution in [0, 0.1) is 6.92 Å². The number of amidine groups is 1. The second-order valence-electron chi connectivity index (χ2n) is 13.5. The van der Waals surface area contributed by atoms with Crippen molar-refractivity contribution in [3.63, 3.8) is 0 Å². The Labute approximate surface area is 307 Å². The zero-order valence-corrected chi connectivity index (χ0v) is 29.1. The monoisotopic (exact) mass is 679 g/mol. The van der Waals surface area contributed by atoms with Crippen LogP contribution < -0.4 is 0 Å². The summed E-state index contributed by atoms with van der Waals surface area (Å²) in [6.07, 6.45) is 6.16. The van der Waals surface area contributed by atoms with Gasteiger partial charge in [0, 0.05) is 43.9 Å². The molecule has 0 fully saturated rings. The second-order valence-corrected chi connectivity index (χ2v) is 13.5. The van der Waals surface area contributed by atoms with Crippen molar-refractivity contribution < 1.29 is 4.42 Å². The van der Waals surface area contributed by atoms with E-state index in [1.165, 1.54) is 27.4 Å². The van der Waals surface area contributed by atoms with E-state index in [0.29, 0.717) is 5.84 Å². The molecule has 0 N–H and O–H groups in total. The summed E-state index contributed by atoms with van der Waals surface area (Å²) in [5, 5.41) is 4.59. The molecule has 0 amide bonds. The number of rotatable bonds is 5. The molecular formula is C49H33N3O. The van der Waals surface area contributed by atoms with Crippen LogP contribution in [0.2, 0.25) is 0 Å². The van der Waals surface area contributed by atoms with Gasteiger partial charge in [-0.2, -0.15) is 0 Å². The highest BCUT2D eigenvalue weighted by molar-refractivity contribution is 6.18. The Morgan fingerprint density at radius 1 is 0.472 bits per heavy atom. The van der Waals surface area contributed by atoms with Gasteiger partial charge in [0.2, 0.25) is 0 Å². The normalized spacial score (nSPS) is 13.9. The van der Waals surface area contributed by atoms with Crippen molar-refractivity contribution in [1.82, 2.24) is 4.57 Å². The van der Waals surface area contributed by atoms with E-state index in [4.69, 9.17) is 14.4 Å². The number of hydrogen-bond donors (Lipinski definition) is 0. The first-order valence-corrected chi connectivity index (χ1v) is 17.9. The number of aryl methyl sites for hydroxylation is 1. The molecule has 0 saturated heterocycles. The maximum Gasteiger partial charge on any atom is 0.160 e. The van der Waals surface area contributed by atoms with Crippen LogP contribution in [0.3, 0.4) is 0 Å². The third kappa shape index (κ3) is 5.49. The Morgan fingerprint density at radius 2 is 1.08 bits per heavy atom. The Balaban J connectivity index is 1.07. The molecule has 0 spiro atoms. The van der Waals surface area contributed by atoms with Gasteiger partial charge >= 0.3 is 0 Å². The van der Waals surface area contributed by atoms with Crippen LogP contribution in [-0.4, -0.2) is 16.1 Å². The lowest BCUT2D eigenvalue weighted by molar-refractivity contribution is 0.669. The number of para-hydroxylation sites is 1. The van der Waals surface area contributed by atoms with Crippen LogP contribution in [0.5, 0.6) is 0 Å². The van der Waals surface area contributed by atoms with Gasteiger partial charge < -0.3 is 8.98 Å². The average molecular weight is 680 g/mol. The number of aliphatic imine (C=N–C) groups is 2. The minimum atomic E-state index is 0.665. The lowest BCUT2D eigenvalue weighted by Crippen LogP contribution is -2.06. The summed E-state index contributed by atoms with van der Waals surface area (Å²) >= 11 is 0. The predicted molar refractivity (Wildman–Crippen MR) is 221 cm³/mol. The molecule has 10 rings (SSSR count). The van der Waals surface area contributed by atoms with Crippen molar-refractivity contribution in [2.45, 2.75) is 6.92 Å². The largest absolute Gasteiger partial charge is 0.456 e. The van der Waals surface area contributed by atoms with E-state index in [0.717, 1.165) is 66.9 Å². The maximum atomic E-state index is 6.38. The molecule has 0 radical (unpaired) electrons. The Hall–Kier alpha value is -7.04. The molecule has 0 saturated carbocycles. The third-order valence-electron chi connectivity index (χ3n) is 10.1. The van der Waals surface area contributed by atoms with E-state index in [-0.39, 0.29) is 0 Å². The van der Waals surface area contributed by atoms with Crippen LogP contribution in [-0.2, 0) is 0 Å². The fourth-order valence-corrected chi connectivity index (χ4v) is 7.45. The molecule has 2 aromatic heterocycles. The van der Waals surface area contributed by atoms with Crippen molar-refractivity contribution in [2.75, 3.05) is 0 Å². The molecule has 4 nitrogen and oxygen atoms in total. The van der Waals surface area contributed by atoms with Crippen molar-refractivity contribution in [1.29, 1.82) is 0 Å². The highest BCUT2D eigenvalue weighted by Gasteiger charge is 2.16. The number of fused-ring (bicyclic) bond motifs is 6. The lowest BCUT2D eigenvalue weighted by Gasteiger charge is -2.10. The van der Waals surface area contributed by atoms with E-state index < -0.39 is 0 Å². The number of furan rings is 1. The lowest BCUT2D eigenvalue weighted by atomic mass is 10.00. The average Bonchev–Trinajstić information content (AvgIpc) is 3.73. The number of allylic oxidation sites excluding steroid dienone is 3. The van der Waals surface area contributed by atoms with Gasteiger partial charge in [-0.05, 0) is 90.9 Å². The number of nitrogens with zero attached hydrogens (tertiary/aromatic N) is 3. The van der Waals surface area contributed by atoms with Crippen molar-refractivity contribution in [3.05, 3.63) is 204 Å². The van der Waals surface area contributed by atoms with Gasteiger partial charge in [-0.3, -0.25) is 0 Å². The standard InChI is InChI=1S/C49H33N3O/c1-32-19-24-38(25-20-32)52-45-18-9-8-15-39(45)40-29-35(21-26-46(40)52)36-22-27-47-41(30-36)42-31-37(23-28-48(42)53-47)44-17-10-16-43(33-11-4-2-5-12-33)50-49(51-44)34-13-6-3-7-14-34/h2-31H,1H3/b16-10+,17-10?,43-16?,44-17?,50-43?,50-49?,51-44?,51-49?. The first-order valence-electron chi connectivity index (χ1n) is 17.9. The molecule has 1 aliphatic heterocycles. The van der Waals surface area contributed by atoms with Crippen molar-refractivity contribution in [2.24, 2.45) is 9.98 Å². The van der Waals surface area contributed by atoms with Crippen molar-refractivity contribution in [3.8, 4) is 16.8 Å². The minimum Gasteiger partial charge on any atom is -0.456 e. The van der Waals surface area contributed by atoms with E-state index in [2.05, 4.69) is 151 Å². The highest BCUT2D eigenvalue weighted by Crippen LogP contribution is 2.38. The third-order valence-corrected chi connectivity index (χ3v) is 10.1. The van der Waals surface area contributed by atoms with Crippen LogP contribution in [0.4, 0.5) is 0 Å². The molecule has 0 bridgehead atoms. The molecule has 0 aliphatic carbocycles. The predicted octanol–water partition coefficient (Wildman–Crippen LogP) is 12.5. The minimum absolute atomic E-state index is 0.665. The Morgan fingerprint density at radius 3 is 1.83 bits per heavy atom. The van der Waals surface area contributed by atoms with E-state index in [9.17, 15) is 0 Å². The molecule has 4 heteroatoms. The topological polar surface area (TPSA) is 42.8 Å². The molecule has 53 heavy (non-hydrogen) atoms. The van der Waals surface area contributed by atoms with Gasteiger partial charge in [-0.25, -0.2) is 9.98 Å². The Kier molecular flexibility index (Phi) is 7.33. The number of benzene rings is 7. The van der Waals surface area contributed by atoms with Gasteiger partial charge in [0.25, 0.3) is 0 Å². The van der Waals surface area contributed by atoms with Crippen LogP contribution in [0.15, 0.2) is 196 Å². The summed E-state index contributed by atoms with van der Waals surface area (Å²) in [6, 6.07) is 57.5. The zero-order valence-electron chi connectivity index (χ0n) is 29.1. The molecule has 0 unspecified atom stereocenters. The van der Waals surface area contributed by atoms with Gasteiger partial charge in [0.05, 0.1) is 22.4 Å². The quantitative estimate of drug-likeness (QED) is 0.179. The molecule has 250 valence electrons. The Bertz CT molecular complexity index is 2980. The van der Waals surface area contributed by atoms with Gasteiger partial charge in [0.15, 0.2) is 5.84 Å². The van der Waals surface area contributed by atoms with E-state index >= 15 is 0 Å².